The van der Waals surface area contributed by atoms with E-state index in [9.17, 15) is 22.8 Å². The van der Waals surface area contributed by atoms with Gasteiger partial charge in [0.05, 0.1) is 18.0 Å². The van der Waals surface area contributed by atoms with E-state index >= 15 is 0 Å². The van der Waals surface area contributed by atoms with E-state index < -0.39 is 23.2 Å². The number of rotatable bonds is 5. The molecule has 0 bridgehead atoms. The van der Waals surface area contributed by atoms with Gasteiger partial charge in [-0.2, -0.15) is 13.2 Å². The van der Waals surface area contributed by atoms with Gasteiger partial charge in [0.25, 0.3) is 0 Å². The quantitative estimate of drug-likeness (QED) is 0.727. The van der Waals surface area contributed by atoms with Crippen molar-refractivity contribution in [3.8, 4) is 11.5 Å². The predicted molar refractivity (Wildman–Crippen MR) is 104 cm³/mol. The van der Waals surface area contributed by atoms with E-state index in [1.807, 2.05) is 12.1 Å². The van der Waals surface area contributed by atoms with Crippen LogP contribution in [0.2, 0.25) is 0 Å². The first-order valence-corrected chi connectivity index (χ1v) is 9.73. The van der Waals surface area contributed by atoms with Gasteiger partial charge >= 0.3 is 6.18 Å². The van der Waals surface area contributed by atoms with E-state index in [0.29, 0.717) is 17.1 Å². The smallest absolute Gasteiger partial charge is 0.416 e. The predicted octanol–water partition coefficient (Wildman–Crippen LogP) is 3.80. The lowest BCUT2D eigenvalue weighted by atomic mass is 9.86. The summed E-state index contributed by atoms with van der Waals surface area (Å²) in [6.45, 7) is 3.49. The molecule has 2 amide bonds. The Hall–Kier alpha value is -3.23. The van der Waals surface area contributed by atoms with Crippen LogP contribution in [-0.4, -0.2) is 29.0 Å². The van der Waals surface area contributed by atoms with E-state index in [1.54, 1.807) is 19.9 Å². The minimum Gasteiger partial charge on any atom is -0.454 e. The number of likely N-dealkylation sites (tertiary alicyclic amines) is 1. The molecule has 0 aromatic heterocycles. The van der Waals surface area contributed by atoms with Crippen molar-refractivity contribution < 1.29 is 32.2 Å². The van der Waals surface area contributed by atoms with Gasteiger partial charge in [0.2, 0.25) is 18.6 Å². The third kappa shape index (κ3) is 3.92. The summed E-state index contributed by atoms with van der Waals surface area (Å²) < 4.78 is 48.8. The van der Waals surface area contributed by atoms with E-state index in [0.717, 1.165) is 17.7 Å². The molecule has 1 atom stereocenters. The molecule has 0 aliphatic carbocycles. The maximum atomic E-state index is 12.9. The van der Waals surface area contributed by atoms with Crippen LogP contribution in [0.15, 0.2) is 42.5 Å². The van der Waals surface area contributed by atoms with Gasteiger partial charge in [-0.25, -0.2) is 0 Å². The minimum atomic E-state index is -4.41. The molecular formula is C22H21F3N2O4. The molecule has 2 aliphatic heterocycles. The van der Waals surface area contributed by atoms with Crippen LogP contribution in [0.1, 0.15) is 43.0 Å². The van der Waals surface area contributed by atoms with Crippen LogP contribution in [-0.2, 0) is 22.3 Å². The first-order chi connectivity index (χ1) is 14.6. The topological polar surface area (TPSA) is 67.9 Å². The number of hydrogen-bond donors (Lipinski definition) is 1. The second-order valence-corrected chi connectivity index (χ2v) is 8.03. The Morgan fingerprint density at radius 2 is 1.77 bits per heavy atom. The molecule has 6 nitrogen and oxygen atoms in total. The molecule has 0 saturated carbocycles. The van der Waals surface area contributed by atoms with Gasteiger partial charge in [0.15, 0.2) is 11.5 Å². The number of nitrogens with zero attached hydrogens (tertiary/aromatic N) is 1. The summed E-state index contributed by atoms with van der Waals surface area (Å²) in [5, 5.41) is 2.72. The number of benzene rings is 2. The van der Waals surface area contributed by atoms with Gasteiger partial charge in [0, 0.05) is 6.54 Å². The van der Waals surface area contributed by atoms with Gasteiger partial charge in [-0.3, -0.25) is 9.59 Å². The van der Waals surface area contributed by atoms with E-state index in [-0.39, 0.29) is 31.7 Å². The van der Waals surface area contributed by atoms with Gasteiger partial charge in [-0.05, 0) is 49.2 Å². The number of halogens is 3. The fourth-order valence-corrected chi connectivity index (χ4v) is 3.82. The molecule has 4 rings (SSSR count). The Morgan fingerprint density at radius 3 is 2.42 bits per heavy atom. The minimum absolute atomic E-state index is 0.0527. The Balaban J connectivity index is 1.44. The Kier molecular flexibility index (Phi) is 5.07. The molecule has 1 saturated heterocycles. The van der Waals surface area contributed by atoms with E-state index in [4.69, 9.17) is 9.47 Å². The number of alkyl halides is 3. The number of carbonyl (C=O) groups is 2. The maximum absolute atomic E-state index is 12.9. The number of nitrogens with one attached hydrogen (secondary N) is 1. The maximum Gasteiger partial charge on any atom is 0.416 e. The molecule has 1 fully saturated rings. The molecule has 9 heteroatoms. The normalized spacial score (nSPS) is 18.0. The van der Waals surface area contributed by atoms with Crippen molar-refractivity contribution >= 4 is 11.8 Å². The molecule has 2 aromatic carbocycles. The molecule has 1 unspecified atom stereocenters. The molecular weight excluding hydrogens is 413 g/mol. The summed E-state index contributed by atoms with van der Waals surface area (Å²) in [6, 6.07) is 9.73. The van der Waals surface area contributed by atoms with Gasteiger partial charge < -0.3 is 19.7 Å². The second-order valence-electron chi connectivity index (χ2n) is 8.03. The fraction of sp³-hybridized carbons (Fsp3) is 0.364. The van der Waals surface area contributed by atoms with Crippen molar-refractivity contribution in [2.45, 2.75) is 44.6 Å². The summed E-state index contributed by atoms with van der Waals surface area (Å²) in [5.74, 6) is 0.680. The summed E-state index contributed by atoms with van der Waals surface area (Å²) in [4.78, 5) is 26.8. The van der Waals surface area contributed by atoms with Gasteiger partial charge in [-0.15, -0.1) is 0 Å². The highest BCUT2D eigenvalue weighted by Crippen LogP contribution is 2.43. The molecule has 0 spiro atoms. The first-order valence-electron chi connectivity index (χ1n) is 9.73. The molecule has 2 aliphatic rings. The monoisotopic (exact) mass is 434 g/mol. The molecule has 164 valence electrons. The van der Waals surface area contributed by atoms with Crippen molar-refractivity contribution in [3.63, 3.8) is 0 Å². The number of fused-ring (bicyclic) bond motifs is 1. The van der Waals surface area contributed by atoms with Crippen molar-refractivity contribution in [3.05, 3.63) is 59.2 Å². The Morgan fingerprint density at radius 1 is 1.10 bits per heavy atom. The lowest BCUT2D eigenvalue weighted by Crippen LogP contribution is -2.63. The third-order valence-corrected chi connectivity index (χ3v) is 5.62. The number of carbonyl (C=O) groups excluding carboxylic acids is 2. The van der Waals surface area contributed by atoms with Crippen molar-refractivity contribution in [1.82, 2.24) is 10.2 Å². The average Bonchev–Trinajstić information content (AvgIpc) is 3.17. The number of ether oxygens (including phenoxy) is 2. The van der Waals surface area contributed by atoms with Crippen molar-refractivity contribution in [1.29, 1.82) is 0 Å². The lowest BCUT2D eigenvalue weighted by molar-refractivity contribution is -0.162. The Labute approximate surface area is 176 Å². The van der Waals surface area contributed by atoms with E-state index in [2.05, 4.69) is 5.32 Å². The highest BCUT2D eigenvalue weighted by atomic mass is 19.4. The van der Waals surface area contributed by atoms with Crippen molar-refractivity contribution in [2.24, 2.45) is 0 Å². The summed E-state index contributed by atoms with van der Waals surface area (Å²) in [6.07, 6.45) is -4.14. The van der Waals surface area contributed by atoms with Gasteiger partial charge in [0.1, 0.15) is 5.54 Å². The number of β-lactam (4-membered cyclic amide) rings is 1. The second kappa shape index (κ2) is 7.47. The van der Waals surface area contributed by atoms with E-state index in [1.165, 1.54) is 17.0 Å². The van der Waals surface area contributed by atoms with Crippen LogP contribution in [0.3, 0.4) is 0 Å². The highest BCUT2D eigenvalue weighted by molar-refractivity contribution is 5.94. The van der Waals surface area contributed by atoms with Crippen LogP contribution < -0.4 is 14.8 Å². The zero-order valence-electron chi connectivity index (χ0n) is 17.0. The molecule has 2 aromatic rings. The number of amides is 2. The first kappa shape index (κ1) is 21.0. The fourth-order valence-electron chi connectivity index (χ4n) is 3.82. The SMILES string of the molecule is CC(C)(C(=O)NCc1ccc(C(F)(F)F)cc1)N1C(=O)CC1c1ccc2c(c1)OCO2. The average molecular weight is 434 g/mol. The molecule has 0 radical (unpaired) electrons. The summed E-state index contributed by atoms with van der Waals surface area (Å²) in [7, 11) is 0. The van der Waals surface area contributed by atoms with Crippen LogP contribution in [0.4, 0.5) is 13.2 Å². The molecule has 1 N–H and O–H groups in total. The van der Waals surface area contributed by atoms with Crippen LogP contribution in [0.5, 0.6) is 11.5 Å². The van der Waals surface area contributed by atoms with Crippen LogP contribution in [0, 0.1) is 0 Å². The van der Waals surface area contributed by atoms with Crippen LogP contribution >= 0.6 is 0 Å². The summed E-state index contributed by atoms with van der Waals surface area (Å²) >= 11 is 0. The zero-order chi connectivity index (χ0) is 22.4. The standard InChI is InChI=1S/C22H21F3N2O4/c1-21(2,20(29)26-11-13-3-6-15(7-4-13)22(23,24)25)27-16(10-19(27)28)14-5-8-17-18(9-14)31-12-30-17/h3-9,16H,10-12H2,1-2H3,(H,26,29). The zero-order valence-corrected chi connectivity index (χ0v) is 17.0. The lowest BCUT2D eigenvalue weighted by Gasteiger charge is -2.49. The third-order valence-electron chi connectivity index (χ3n) is 5.62. The summed E-state index contributed by atoms with van der Waals surface area (Å²) in [5.41, 5.74) is -0.532. The van der Waals surface area contributed by atoms with Gasteiger partial charge in [-0.1, -0.05) is 18.2 Å². The van der Waals surface area contributed by atoms with Crippen molar-refractivity contribution in [2.75, 3.05) is 6.79 Å². The van der Waals surface area contributed by atoms with Crippen LogP contribution in [0.25, 0.3) is 0 Å². The molecule has 2 heterocycles. The molecule has 31 heavy (non-hydrogen) atoms. The highest BCUT2D eigenvalue weighted by Gasteiger charge is 2.49. The largest absolute Gasteiger partial charge is 0.454 e. The Bertz CT molecular complexity index is 1020. The number of hydrogen-bond acceptors (Lipinski definition) is 4.